The fourth-order valence-corrected chi connectivity index (χ4v) is 4.04. The number of para-hydroxylation sites is 1. The van der Waals surface area contributed by atoms with Crippen molar-refractivity contribution < 1.29 is 0 Å². The molecule has 0 saturated carbocycles. The van der Waals surface area contributed by atoms with E-state index in [1.807, 2.05) is 6.07 Å². The number of rotatable bonds is 4. The summed E-state index contributed by atoms with van der Waals surface area (Å²) >= 11 is 1.69. The summed E-state index contributed by atoms with van der Waals surface area (Å²) in [5.41, 5.74) is 4.38. The van der Waals surface area contributed by atoms with Crippen LogP contribution in [-0.2, 0) is 7.05 Å². The largest absolute Gasteiger partial charge is 0.346 e. The highest BCUT2D eigenvalue weighted by molar-refractivity contribution is 8.02. The molecule has 0 fully saturated rings. The van der Waals surface area contributed by atoms with E-state index in [4.69, 9.17) is 5.11 Å². The van der Waals surface area contributed by atoms with Gasteiger partial charge in [0.2, 0.25) is 0 Å². The average molecular weight is 348 g/mol. The molecule has 2 aromatic carbocycles. The Bertz CT molecular complexity index is 943. The first kappa shape index (κ1) is 16.0. The normalized spacial score (nSPS) is 17.2. The number of fused-ring (bicyclic) bond motifs is 1. The van der Waals surface area contributed by atoms with Gasteiger partial charge in [-0.1, -0.05) is 60.3 Å². The molecule has 3 aromatic rings. The van der Waals surface area contributed by atoms with Crippen LogP contribution in [0.1, 0.15) is 6.92 Å². The SMILES string of the molecule is CCN1C=CSC1N=Nc1c(-c2ccccc2)n(C)c2ccccc12. The minimum Gasteiger partial charge on any atom is -0.346 e. The Morgan fingerprint density at radius 1 is 1.04 bits per heavy atom. The maximum Gasteiger partial charge on any atom is 0.193 e. The van der Waals surface area contributed by atoms with Gasteiger partial charge in [-0.2, -0.15) is 10.2 Å². The van der Waals surface area contributed by atoms with Gasteiger partial charge in [0, 0.05) is 30.7 Å². The number of thioether (sulfide) groups is 1. The molecule has 0 N–H and O–H groups in total. The number of nitrogens with zero attached hydrogens (tertiary/aromatic N) is 4. The maximum absolute atomic E-state index is 4.71. The molecule has 25 heavy (non-hydrogen) atoms. The smallest absolute Gasteiger partial charge is 0.193 e. The molecule has 0 bridgehead atoms. The van der Waals surface area contributed by atoms with E-state index in [0.29, 0.717) is 0 Å². The monoisotopic (exact) mass is 348 g/mol. The van der Waals surface area contributed by atoms with Gasteiger partial charge in [-0.05, 0) is 18.4 Å². The predicted molar refractivity (Wildman–Crippen MR) is 106 cm³/mol. The summed E-state index contributed by atoms with van der Waals surface area (Å²) in [6, 6.07) is 18.8. The first-order valence-corrected chi connectivity index (χ1v) is 9.35. The van der Waals surface area contributed by atoms with Crippen LogP contribution < -0.4 is 0 Å². The molecular weight excluding hydrogens is 328 g/mol. The second-order valence-corrected chi connectivity index (χ2v) is 6.90. The van der Waals surface area contributed by atoms with Gasteiger partial charge >= 0.3 is 0 Å². The van der Waals surface area contributed by atoms with Crippen LogP contribution in [0.15, 0.2) is 76.4 Å². The van der Waals surface area contributed by atoms with E-state index in [1.54, 1.807) is 11.8 Å². The van der Waals surface area contributed by atoms with Crippen LogP contribution in [0.4, 0.5) is 5.69 Å². The molecule has 126 valence electrons. The van der Waals surface area contributed by atoms with Crippen molar-refractivity contribution in [3.63, 3.8) is 0 Å². The molecule has 1 unspecified atom stereocenters. The van der Waals surface area contributed by atoms with E-state index in [2.05, 4.69) is 88.7 Å². The highest BCUT2D eigenvalue weighted by Gasteiger charge is 2.20. The van der Waals surface area contributed by atoms with Crippen molar-refractivity contribution >= 4 is 28.4 Å². The van der Waals surface area contributed by atoms with E-state index >= 15 is 0 Å². The highest BCUT2D eigenvalue weighted by atomic mass is 32.2. The van der Waals surface area contributed by atoms with Crippen LogP contribution in [0.2, 0.25) is 0 Å². The lowest BCUT2D eigenvalue weighted by molar-refractivity contribution is 0.380. The Hall–Kier alpha value is -2.53. The van der Waals surface area contributed by atoms with E-state index in [1.165, 1.54) is 5.52 Å². The molecule has 1 aliphatic heterocycles. The van der Waals surface area contributed by atoms with Gasteiger partial charge in [0.05, 0.1) is 11.2 Å². The van der Waals surface area contributed by atoms with Crippen LogP contribution in [0.5, 0.6) is 0 Å². The Morgan fingerprint density at radius 3 is 2.60 bits per heavy atom. The van der Waals surface area contributed by atoms with Crippen molar-refractivity contribution in [2.45, 2.75) is 12.4 Å². The average Bonchev–Trinajstić information content (AvgIpc) is 3.23. The maximum atomic E-state index is 4.71. The standard InChI is InChI=1S/C20H20N4S/c1-3-24-13-14-25-20(24)22-21-18-16-11-7-8-12-17(16)23(2)19(18)15-9-5-4-6-10-15/h4-14,20H,3H2,1-2H3. The van der Waals surface area contributed by atoms with E-state index in [9.17, 15) is 0 Å². The second-order valence-electron chi connectivity index (χ2n) is 5.93. The summed E-state index contributed by atoms with van der Waals surface area (Å²) in [7, 11) is 2.09. The number of azo groups is 1. The van der Waals surface area contributed by atoms with Crippen molar-refractivity contribution in [1.29, 1.82) is 0 Å². The third-order valence-corrected chi connectivity index (χ3v) is 5.37. The van der Waals surface area contributed by atoms with Crippen LogP contribution in [-0.4, -0.2) is 21.5 Å². The molecule has 4 nitrogen and oxygen atoms in total. The molecule has 1 atom stereocenters. The molecular formula is C20H20N4S. The quantitative estimate of drug-likeness (QED) is 0.562. The summed E-state index contributed by atoms with van der Waals surface area (Å²) in [4.78, 5) is 2.18. The highest BCUT2D eigenvalue weighted by Crippen LogP contribution is 2.40. The van der Waals surface area contributed by atoms with E-state index in [0.717, 1.165) is 28.9 Å². The van der Waals surface area contributed by atoms with E-state index < -0.39 is 0 Å². The van der Waals surface area contributed by atoms with Crippen molar-refractivity contribution in [2.24, 2.45) is 17.3 Å². The summed E-state index contributed by atoms with van der Waals surface area (Å²) < 4.78 is 2.21. The van der Waals surface area contributed by atoms with Crippen LogP contribution in [0, 0.1) is 0 Å². The lowest BCUT2D eigenvalue weighted by Gasteiger charge is -2.17. The van der Waals surface area contributed by atoms with E-state index in [-0.39, 0.29) is 5.50 Å². The molecule has 0 saturated heterocycles. The first-order chi connectivity index (χ1) is 12.3. The number of aryl methyl sites for hydroxylation is 1. The molecule has 0 aliphatic carbocycles. The second kappa shape index (κ2) is 6.76. The first-order valence-electron chi connectivity index (χ1n) is 8.41. The van der Waals surface area contributed by atoms with Crippen molar-refractivity contribution in [2.75, 3.05) is 6.54 Å². The lowest BCUT2D eigenvalue weighted by atomic mass is 10.1. The molecule has 0 radical (unpaired) electrons. The Morgan fingerprint density at radius 2 is 1.80 bits per heavy atom. The topological polar surface area (TPSA) is 32.9 Å². The molecule has 4 rings (SSSR count). The minimum absolute atomic E-state index is 0.0209. The summed E-state index contributed by atoms with van der Waals surface area (Å²) in [5, 5.41) is 12.6. The number of benzene rings is 2. The third-order valence-electron chi connectivity index (χ3n) is 4.49. The number of hydrogen-bond acceptors (Lipinski definition) is 4. The van der Waals surface area contributed by atoms with Crippen molar-refractivity contribution in [3.8, 4) is 11.3 Å². The molecule has 0 amide bonds. The van der Waals surface area contributed by atoms with Gasteiger partial charge in [0.25, 0.3) is 0 Å². The Kier molecular flexibility index (Phi) is 4.32. The number of hydrogen-bond donors (Lipinski definition) is 0. The van der Waals surface area contributed by atoms with Gasteiger partial charge in [-0.25, -0.2) is 0 Å². The van der Waals surface area contributed by atoms with Crippen molar-refractivity contribution in [1.82, 2.24) is 9.47 Å². The van der Waals surface area contributed by atoms with Gasteiger partial charge in [0.15, 0.2) is 5.50 Å². The molecule has 2 heterocycles. The number of aromatic nitrogens is 1. The van der Waals surface area contributed by atoms with Crippen LogP contribution in [0.3, 0.4) is 0 Å². The minimum atomic E-state index is 0.0209. The van der Waals surface area contributed by atoms with Gasteiger partial charge in [0.1, 0.15) is 5.69 Å². The Balaban J connectivity index is 1.84. The van der Waals surface area contributed by atoms with Crippen LogP contribution in [0.25, 0.3) is 22.2 Å². The molecule has 5 heteroatoms. The zero-order valence-corrected chi connectivity index (χ0v) is 15.1. The fourth-order valence-electron chi connectivity index (χ4n) is 3.20. The molecule has 0 spiro atoms. The zero-order valence-electron chi connectivity index (χ0n) is 14.3. The molecule has 1 aliphatic rings. The predicted octanol–water partition coefficient (Wildman–Crippen LogP) is 5.75. The van der Waals surface area contributed by atoms with Gasteiger partial charge in [-0.3, -0.25) is 0 Å². The summed E-state index contributed by atoms with van der Waals surface area (Å²) in [6.07, 6.45) is 2.08. The van der Waals surface area contributed by atoms with Gasteiger partial charge < -0.3 is 9.47 Å². The molecule has 1 aromatic heterocycles. The van der Waals surface area contributed by atoms with Crippen LogP contribution >= 0.6 is 11.8 Å². The van der Waals surface area contributed by atoms with Crippen molar-refractivity contribution in [3.05, 3.63) is 66.2 Å². The van der Waals surface area contributed by atoms with Gasteiger partial charge in [-0.15, -0.1) is 0 Å². The lowest BCUT2D eigenvalue weighted by Crippen LogP contribution is -2.21. The Labute approximate surface area is 151 Å². The zero-order chi connectivity index (χ0) is 17.2. The fraction of sp³-hybridized carbons (Fsp3) is 0.200. The third kappa shape index (κ3) is 2.85. The summed E-state index contributed by atoms with van der Waals surface area (Å²) in [6.45, 7) is 3.06. The summed E-state index contributed by atoms with van der Waals surface area (Å²) in [5.74, 6) is 0.